The molecule has 0 aliphatic carbocycles. The number of ether oxygens (including phenoxy) is 1. The highest BCUT2D eigenvalue weighted by molar-refractivity contribution is 6.30. The van der Waals surface area contributed by atoms with Crippen LogP contribution in [0.3, 0.4) is 0 Å². The molecule has 0 spiro atoms. The lowest BCUT2D eigenvalue weighted by atomic mass is 10.1. The summed E-state index contributed by atoms with van der Waals surface area (Å²) >= 11 is 5.82. The zero-order chi connectivity index (χ0) is 16.8. The van der Waals surface area contributed by atoms with Crippen molar-refractivity contribution >= 4 is 23.5 Å². The second kappa shape index (κ2) is 7.69. The molecule has 120 valence electrons. The first-order valence-corrected chi connectivity index (χ1v) is 7.34. The molecular weight excluding hydrogens is 318 g/mol. The lowest BCUT2D eigenvalue weighted by Crippen LogP contribution is -2.31. The molecule has 0 bridgehead atoms. The van der Waals surface area contributed by atoms with Gasteiger partial charge in [-0.2, -0.15) is 0 Å². The lowest BCUT2D eigenvalue weighted by molar-refractivity contribution is -0.124. The Morgan fingerprint density at radius 3 is 2.52 bits per heavy atom. The number of aromatic nitrogens is 2. The van der Waals surface area contributed by atoms with Gasteiger partial charge >= 0.3 is 5.97 Å². The zero-order valence-corrected chi connectivity index (χ0v) is 13.5. The largest absolute Gasteiger partial charge is 0.451 e. The normalized spacial score (nSPS) is 11.6. The van der Waals surface area contributed by atoms with E-state index in [0.29, 0.717) is 10.7 Å². The molecule has 0 saturated carbocycles. The van der Waals surface area contributed by atoms with Crippen molar-refractivity contribution in [3.63, 3.8) is 0 Å². The van der Waals surface area contributed by atoms with E-state index in [9.17, 15) is 9.59 Å². The van der Waals surface area contributed by atoms with Gasteiger partial charge in [0.1, 0.15) is 0 Å². The fraction of sp³-hybridized carbons (Fsp3) is 0.250. The molecule has 1 heterocycles. The average molecular weight is 334 g/mol. The highest BCUT2D eigenvalue weighted by Crippen LogP contribution is 2.15. The van der Waals surface area contributed by atoms with Gasteiger partial charge in [0.25, 0.3) is 5.91 Å². The van der Waals surface area contributed by atoms with Crippen molar-refractivity contribution in [3.05, 3.63) is 58.6 Å². The number of carbonyl (C=O) groups is 2. The summed E-state index contributed by atoms with van der Waals surface area (Å²) in [5, 5.41) is 3.36. The van der Waals surface area contributed by atoms with E-state index < -0.39 is 11.9 Å². The van der Waals surface area contributed by atoms with Crippen LogP contribution in [0, 0.1) is 6.92 Å². The molecule has 0 radical (unpaired) electrons. The molecular formula is C16H16ClN3O3. The van der Waals surface area contributed by atoms with E-state index in [0.717, 1.165) is 5.56 Å². The van der Waals surface area contributed by atoms with Crippen LogP contribution in [0.1, 0.15) is 34.7 Å². The molecule has 1 atom stereocenters. The Balaban J connectivity index is 1.83. The van der Waals surface area contributed by atoms with E-state index in [1.165, 1.54) is 12.4 Å². The molecule has 0 fully saturated rings. The third-order valence-electron chi connectivity index (χ3n) is 3.07. The van der Waals surface area contributed by atoms with Gasteiger partial charge in [-0.05, 0) is 31.5 Å². The van der Waals surface area contributed by atoms with Crippen LogP contribution >= 0.6 is 11.6 Å². The molecule has 2 aromatic rings. The van der Waals surface area contributed by atoms with E-state index in [2.05, 4.69) is 15.3 Å². The van der Waals surface area contributed by atoms with Crippen molar-refractivity contribution in [3.8, 4) is 0 Å². The first-order chi connectivity index (χ1) is 11.0. The van der Waals surface area contributed by atoms with E-state index in [4.69, 9.17) is 16.3 Å². The number of rotatable bonds is 5. The quantitative estimate of drug-likeness (QED) is 0.850. The predicted molar refractivity (Wildman–Crippen MR) is 85.1 cm³/mol. The Bertz CT molecular complexity index is 687. The molecule has 1 amide bonds. The number of halogens is 1. The highest BCUT2D eigenvalue weighted by atomic mass is 35.5. The number of carbonyl (C=O) groups excluding carboxylic acids is 2. The van der Waals surface area contributed by atoms with Crippen LogP contribution in [0.4, 0.5) is 0 Å². The van der Waals surface area contributed by atoms with Crippen molar-refractivity contribution in [2.24, 2.45) is 0 Å². The standard InChI is InChI=1S/C16H16ClN3O3/c1-10-7-19-14(8-18-10)16(22)23-9-15(21)20-11(2)12-3-5-13(17)6-4-12/h3-8,11H,9H2,1-2H3,(H,20,21)/t11-/m1/s1. The molecule has 1 N–H and O–H groups in total. The van der Waals surface area contributed by atoms with Gasteiger partial charge in [-0.15, -0.1) is 0 Å². The number of nitrogens with zero attached hydrogens (tertiary/aromatic N) is 2. The van der Waals surface area contributed by atoms with Crippen LogP contribution in [0.25, 0.3) is 0 Å². The van der Waals surface area contributed by atoms with Gasteiger partial charge in [0.2, 0.25) is 0 Å². The lowest BCUT2D eigenvalue weighted by Gasteiger charge is -2.14. The molecule has 0 unspecified atom stereocenters. The summed E-state index contributed by atoms with van der Waals surface area (Å²) < 4.78 is 4.91. The van der Waals surface area contributed by atoms with Gasteiger partial charge in [0.15, 0.2) is 12.3 Å². The summed E-state index contributed by atoms with van der Waals surface area (Å²) in [4.78, 5) is 31.4. The summed E-state index contributed by atoms with van der Waals surface area (Å²) in [5.41, 5.74) is 1.66. The number of nitrogens with one attached hydrogen (secondary N) is 1. The molecule has 0 aliphatic rings. The molecule has 6 nitrogen and oxygen atoms in total. The minimum Gasteiger partial charge on any atom is -0.451 e. The van der Waals surface area contributed by atoms with Gasteiger partial charge in [-0.25, -0.2) is 9.78 Å². The topological polar surface area (TPSA) is 81.2 Å². The molecule has 2 rings (SSSR count). The number of benzene rings is 1. The van der Waals surface area contributed by atoms with Crippen molar-refractivity contribution in [1.82, 2.24) is 15.3 Å². The van der Waals surface area contributed by atoms with Gasteiger partial charge in [-0.3, -0.25) is 9.78 Å². The van der Waals surface area contributed by atoms with Crippen LogP contribution in [0.2, 0.25) is 5.02 Å². The maximum Gasteiger partial charge on any atom is 0.359 e. The molecule has 1 aromatic carbocycles. The Morgan fingerprint density at radius 2 is 1.91 bits per heavy atom. The fourth-order valence-electron chi connectivity index (χ4n) is 1.82. The molecule has 23 heavy (non-hydrogen) atoms. The van der Waals surface area contributed by atoms with E-state index in [1.807, 2.05) is 19.1 Å². The first kappa shape index (κ1) is 16.9. The van der Waals surface area contributed by atoms with Gasteiger partial charge in [0, 0.05) is 11.2 Å². The predicted octanol–water partition coefficient (Wildman–Crippen LogP) is 2.47. The number of aryl methyl sites for hydroxylation is 1. The minimum atomic E-state index is -0.688. The fourth-order valence-corrected chi connectivity index (χ4v) is 1.95. The zero-order valence-electron chi connectivity index (χ0n) is 12.7. The van der Waals surface area contributed by atoms with Crippen molar-refractivity contribution in [2.45, 2.75) is 19.9 Å². The van der Waals surface area contributed by atoms with Crippen LogP contribution in [0.15, 0.2) is 36.7 Å². The van der Waals surface area contributed by atoms with Crippen molar-refractivity contribution in [1.29, 1.82) is 0 Å². The van der Waals surface area contributed by atoms with Crippen LogP contribution in [-0.2, 0) is 9.53 Å². The molecule has 0 aliphatic heterocycles. The summed E-state index contributed by atoms with van der Waals surface area (Å²) in [6, 6.07) is 6.91. The third-order valence-corrected chi connectivity index (χ3v) is 3.32. The Labute approximate surface area is 138 Å². The van der Waals surface area contributed by atoms with Crippen molar-refractivity contribution < 1.29 is 14.3 Å². The maximum absolute atomic E-state index is 11.8. The molecule has 1 aromatic heterocycles. The monoisotopic (exact) mass is 333 g/mol. The number of hydrogen-bond acceptors (Lipinski definition) is 5. The van der Waals surface area contributed by atoms with E-state index in [1.54, 1.807) is 19.1 Å². The second-order valence-corrected chi connectivity index (χ2v) is 5.40. The average Bonchev–Trinajstić information content (AvgIpc) is 2.54. The Morgan fingerprint density at radius 1 is 1.22 bits per heavy atom. The third kappa shape index (κ3) is 5.03. The molecule has 7 heteroatoms. The van der Waals surface area contributed by atoms with E-state index in [-0.39, 0.29) is 18.3 Å². The molecule has 0 saturated heterocycles. The summed E-state index contributed by atoms with van der Waals surface area (Å²) in [6.07, 6.45) is 2.77. The number of esters is 1. The van der Waals surface area contributed by atoms with Crippen molar-refractivity contribution in [2.75, 3.05) is 6.61 Å². The smallest absolute Gasteiger partial charge is 0.359 e. The number of amides is 1. The first-order valence-electron chi connectivity index (χ1n) is 6.96. The van der Waals surface area contributed by atoms with Gasteiger partial charge in [-0.1, -0.05) is 23.7 Å². The van der Waals surface area contributed by atoms with Crippen LogP contribution in [0.5, 0.6) is 0 Å². The summed E-state index contributed by atoms with van der Waals surface area (Å²) in [5.74, 6) is -1.09. The van der Waals surface area contributed by atoms with Crippen LogP contribution in [-0.4, -0.2) is 28.5 Å². The van der Waals surface area contributed by atoms with Crippen LogP contribution < -0.4 is 5.32 Å². The minimum absolute atomic E-state index is 0.0640. The number of hydrogen-bond donors (Lipinski definition) is 1. The van der Waals surface area contributed by atoms with E-state index >= 15 is 0 Å². The SMILES string of the molecule is Cc1cnc(C(=O)OCC(=O)N[C@H](C)c2ccc(Cl)cc2)cn1. The Hall–Kier alpha value is -2.47. The Kier molecular flexibility index (Phi) is 5.65. The summed E-state index contributed by atoms with van der Waals surface area (Å²) in [6.45, 7) is 3.20. The van der Waals surface area contributed by atoms with Gasteiger partial charge in [0.05, 0.1) is 17.9 Å². The maximum atomic E-state index is 11.8. The summed E-state index contributed by atoms with van der Waals surface area (Å²) in [7, 11) is 0. The highest BCUT2D eigenvalue weighted by Gasteiger charge is 2.14. The van der Waals surface area contributed by atoms with Gasteiger partial charge < -0.3 is 10.1 Å². The second-order valence-electron chi connectivity index (χ2n) is 4.96.